The zero-order chi connectivity index (χ0) is 35.1. The van der Waals surface area contributed by atoms with E-state index in [0.29, 0.717) is 74.3 Å². The molecule has 1 aromatic heterocycles. The number of likely N-dealkylation sites (tertiary alicyclic amines) is 2. The van der Waals surface area contributed by atoms with Crippen molar-refractivity contribution in [1.82, 2.24) is 30.1 Å². The van der Waals surface area contributed by atoms with Crippen molar-refractivity contribution in [2.24, 2.45) is 0 Å². The number of pyridine rings is 1. The zero-order valence-corrected chi connectivity index (χ0v) is 30.2. The predicted molar refractivity (Wildman–Crippen MR) is 194 cm³/mol. The van der Waals surface area contributed by atoms with E-state index in [1.54, 1.807) is 6.20 Å². The van der Waals surface area contributed by atoms with Gasteiger partial charge in [0, 0.05) is 62.6 Å². The number of hydrazine groups is 1. The summed E-state index contributed by atoms with van der Waals surface area (Å²) >= 11 is 12.9. The van der Waals surface area contributed by atoms with Crippen molar-refractivity contribution in [3.63, 3.8) is 0 Å². The molecule has 2 aromatic carbocycles. The molecule has 4 heterocycles. The van der Waals surface area contributed by atoms with Crippen LogP contribution in [0.25, 0.3) is 0 Å². The summed E-state index contributed by atoms with van der Waals surface area (Å²) in [6.45, 7) is 8.61. The molecule has 0 saturated carbocycles. The number of nitrogens with zero attached hydrogens (tertiary/aromatic N) is 5. The van der Waals surface area contributed by atoms with Crippen LogP contribution in [0, 0.1) is 0 Å². The number of carbonyl (C=O) groups excluding carboxylic acids is 3. The van der Waals surface area contributed by atoms with Gasteiger partial charge in [0.05, 0.1) is 28.6 Å². The van der Waals surface area contributed by atoms with E-state index in [-0.39, 0.29) is 29.7 Å². The number of piperazine rings is 1. The van der Waals surface area contributed by atoms with Gasteiger partial charge in [-0.05, 0) is 93.7 Å². The average molecular weight is 722 g/mol. The number of benzene rings is 2. The highest BCUT2D eigenvalue weighted by Crippen LogP contribution is 2.42. The Hall–Kier alpha value is -3.54. The van der Waals surface area contributed by atoms with Crippen molar-refractivity contribution in [2.75, 3.05) is 72.1 Å². The minimum atomic E-state index is -0.708. The summed E-state index contributed by atoms with van der Waals surface area (Å²) in [7, 11) is 0. The molecule has 266 valence electrons. The summed E-state index contributed by atoms with van der Waals surface area (Å²) in [5.41, 5.74) is 4.96. The fourth-order valence-electron chi connectivity index (χ4n) is 7.70. The number of amides is 2. The van der Waals surface area contributed by atoms with Crippen LogP contribution in [-0.2, 0) is 25.2 Å². The van der Waals surface area contributed by atoms with Gasteiger partial charge in [0.2, 0.25) is 5.91 Å². The SMILES string of the molecule is CCOC(=O)CN1CCN(NC(=O)C2(c3cccnc3)CCN(CCC3(c4ccc(Cl)c(Cl)c4)CCN(C(=O)c4ccccc4)C3)CC2)CC1. The summed E-state index contributed by atoms with van der Waals surface area (Å²) < 4.78 is 5.10. The highest BCUT2D eigenvalue weighted by molar-refractivity contribution is 6.42. The van der Waals surface area contributed by atoms with E-state index in [9.17, 15) is 14.4 Å². The molecule has 12 heteroatoms. The van der Waals surface area contributed by atoms with Gasteiger partial charge >= 0.3 is 5.97 Å². The van der Waals surface area contributed by atoms with E-state index < -0.39 is 5.41 Å². The number of hydrogen-bond acceptors (Lipinski definition) is 8. The Morgan fingerprint density at radius 3 is 2.28 bits per heavy atom. The van der Waals surface area contributed by atoms with Gasteiger partial charge in [-0.25, -0.2) is 5.01 Å². The second-order valence-electron chi connectivity index (χ2n) is 13.7. The van der Waals surface area contributed by atoms with Gasteiger partial charge in [-0.2, -0.15) is 0 Å². The first kappa shape index (κ1) is 36.3. The van der Waals surface area contributed by atoms with E-state index in [2.05, 4.69) is 26.3 Å². The topological polar surface area (TPSA) is 98.3 Å². The lowest BCUT2D eigenvalue weighted by molar-refractivity contribution is -0.145. The van der Waals surface area contributed by atoms with Crippen LogP contribution in [0.5, 0.6) is 0 Å². The third-order valence-electron chi connectivity index (χ3n) is 10.7. The number of nitrogens with one attached hydrogen (secondary N) is 1. The molecule has 1 unspecified atom stereocenters. The Labute approximate surface area is 304 Å². The van der Waals surface area contributed by atoms with Gasteiger partial charge in [0.15, 0.2) is 0 Å². The molecule has 0 radical (unpaired) electrons. The number of hydrogen-bond donors (Lipinski definition) is 1. The maximum absolute atomic E-state index is 14.2. The van der Waals surface area contributed by atoms with Crippen LogP contribution in [0.3, 0.4) is 0 Å². The molecule has 2 amide bonds. The Morgan fingerprint density at radius 1 is 0.840 bits per heavy atom. The van der Waals surface area contributed by atoms with Crippen LogP contribution < -0.4 is 5.43 Å². The summed E-state index contributed by atoms with van der Waals surface area (Å²) in [6, 6.07) is 19.2. The summed E-state index contributed by atoms with van der Waals surface area (Å²) in [5, 5.41) is 3.00. The quantitative estimate of drug-likeness (QED) is 0.282. The van der Waals surface area contributed by atoms with E-state index in [1.165, 1.54) is 0 Å². The number of aromatic nitrogens is 1. The lowest BCUT2D eigenvalue weighted by Crippen LogP contribution is -2.59. The third-order valence-corrected chi connectivity index (χ3v) is 11.5. The molecule has 6 rings (SSSR count). The molecule has 0 spiro atoms. The normalized spacial score (nSPS) is 21.5. The fraction of sp³-hybridized carbons (Fsp3) is 0.474. The highest BCUT2D eigenvalue weighted by Gasteiger charge is 2.46. The average Bonchev–Trinajstić information content (AvgIpc) is 3.59. The molecule has 50 heavy (non-hydrogen) atoms. The van der Waals surface area contributed by atoms with Crippen molar-refractivity contribution in [3.8, 4) is 0 Å². The van der Waals surface area contributed by atoms with E-state index in [1.807, 2.05) is 77.6 Å². The van der Waals surface area contributed by atoms with Crippen LogP contribution >= 0.6 is 23.2 Å². The van der Waals surface area contributed by atoms with Crippen LogP contribution in [0.1, 0.15) is 54.1 Å². The second kappa shape index (κ2) is 16.2. The summed E-state index contributed by atoms with van der Waals surface area (Å²) in [5.74, 6) is -0.193. The van der Waals surface area contributed by atoms with Crippen LogP contribution in [0.4, 0.5) is 0 Å². The minimum absolute atomic E-state index is 0.0119. The number of ether oxygens (including phenoxy) is 1. The first-order valence-electron chi connectivity index (χ1n) is 17.6. The Morgan fingerprint density at radius 2 is 1.60 bits per heavy atom. The minimum Gasteiger partial charge on any atom is -0.465 e. The van der Waals surface area contributed by atoms with Gasteiger partial charge in [0.25, 0.3) is 5.91 Å². The smallest absolute Gasteiger partial charge is 0.320 e. The molecule has 3 fully saturated rings. The number of rotatable bonds is 11. The monoisotopic (exact) mass is 720 g/mol. The second-order valence-corrected chi connectivity index (χ2v) is 14.5. The van der Waals surface area contributed by atoms with Crippen molar-refractivity contribution in [1.29, 1.82) is 0 Å². The molecule has 0 aliphatic carbocycles. The van der Waals surface area contributed by atoms with Gasteiger partial charge in [-0.15, -0.1) is 0 Å². The maximum Gasteiger partial charge on any atom is 0.320 e. The lowest BCUT2D eigenvalue weighted by atomic mass is 9.72. The Balaban J connectivity index is 1.12. The third kappa shape index (κ3) is 8.16. The van der Waals surface area contributed by atoms with Crippen molar-refractivity contribution >= 4 is 41.0 Å². The van der Waals surface area contributed by atoms with Crippen molar-refractivity contribution in [2.45, 2.75) is 43.4 Å². The first-order chi connectivity index (χ1) is 24.2. The van der Waals surface area contributed by atoms with Crippen LogP contribution in [-0.4, -0.2) is 115 Å². The lowest BCUT2D eigenvalue weighted by Gasteiger charge is -2.43. The largest absolute Gasteiger partial charge is 0.465 e. The van der Waals surface area contributed by atoms with Gasteiger partial charge in [0.1, 0.15) is 0 Å². The molecule has 1 atom stereocenters. The molecule has 3 aromatic rings. The Kier molecular flexibility index (Phi) is 11.8. The highest BCUT2D eigenvalue weighted by atomic mass is 35.5. The number of carbonyl (C=O) groups is 3. The molecule has 0 bridgehead atoms. The van der Waals surface area contributed by atoms with Crippen LogP contribution in [0.2, 0.25) is 10.0 Å². The number of halogens is 2. The van der Waals surface area contributed by atoms with Gasteiger partial charge in [-0.1, -0.05) is 53.5 Å². The molecule has 3 aliphatic rings. The van der Waals surface area contributed by atoms with Gasteiger partial charge < -0.3 is 14.5 Å². The maximum atomic E-state index is 14.2. The molecule has 1 N–H and O–H groups in total. The molecule has 10 nitrogen and oxygen atoms in total. The standard InChI is InChI=1S/C38H46Cl2N6O4/c1-2-50-34(47)27-44-21-23-46(24-22-44)42-36(49)38(31-9-6-16-41-26-31)14-18-43(19-15-38)17-12-37(30-10-11-32(39)33(40)25-30)13-20-45(28-37)35(48)29-7-4-3-5-8-29/h3-11,16,25-26H,2,12-15,17-24,27-28H2,1H3,(H,42,49). The first-order valence-corrected chi connectivity index (χ1v) is 18.3. The molecular weight excluding hydrogens is 675 g/mol. The molecular formula is C38H46Cl2N6O4. The van der Waals surface area contributed by atoms with Crippen molar-refractivity contribution < 1.29 is 19.1 Å². The van der Waals surface area contributed by atoms with Gasteiger partial charge in [-0.3, -0.25) is 29.7 Å². The Bertz CT molecular complexity index is 1630. The van der Waals surface area contributed by atoms with E-state index in [0.717, 1.165) is 43.6 Å². The summed E-state index contributed by atoms with van der Waals surface area (Å²) in [6.07, 6.45) is 6.54. The van der Waals surface area contributed by atoms with Crippen LogP contribution in [0.15, 0.2) is 73.1 Å². The fourth-order valence-corrected chi connectivity index (χ4v) is 8.00. The zero-order valence-electron chi connectivity index (χ0n) is 28.7. The number of esters is 1. The summed E-state index contributed by atoms with van der Waals surface area (Å²) in [4.78, 5) is 50.5. The van der Waals surface area contributed by atoms with Crippen molar-refractivity contribution in [3.05, 3.63) is 99.8 Å². The predicted octanol–water partition coefficient (Wildman–Crippen LogP) is 4.81. The van der Waals surface area contributed by atoms with E-state index in [4.69, 9.17) is 27.9 Å². The van der Waals surface area contributed by atoms with E-state index >= 15 is 0 Å². The number of piperidine rings is 1. The molecule has 3 aliphatic heterocycles. The molecule has 3 saturated heterocycles.